The topological polar surface area (TPSA) is 330 Å². The van der Waals surface area contributed by atoms with Crippen molar-refractivity contribution in [2.24, 2.45) is 17.2 Å². The first-order valence-corrected chi connectivity index (χ1v) is 27.1. The van der Waals surface area contributed by atoms with Gasteiger partial charge in [-0.05, 0) is 145 Å². The molecule has 3 aromatic carbocycles. The molecule has 0 amide bonds. The molecule has 2 aliphatic heterocycles. The first-order chi connectivity index (χ1) is 39.1. The van der Waals surface area contributed by atoms with E-state index in [-0.39, 0.29) is 50.7 Å². The van der Waals surface area contributed by atoms with E-state index in [0.717, 1.165) is 28.8 Å². The summed E-state index contributed by atoms with van der Waals surface area (Å²) in [6.07, 6.45) is 7.62. The maximum atomic E-state index is 12.3. The minimum absolute atomic E-state index is 0.238. The van der Waals surface area contributed by atoms with Gasteiger partial charge in [0.2, 0.25) is 0 Å². The Hall–Kier alpha value is -9.00. The second kappa shape index (κ2) is 25.4. The van der Waals surface area contributed by atoms with Crippen molar-refractivity contribution < 1.29 is 23.7 Å². The van der Waals surface area contributed by atoms with E-state index in [9.17, 15) is 19.2 Å². The number of anilines is 5. The Bertz CT molecular complexity index is 3820. The molecule has 11 N–H and O–H groups in total. The van der Waals surface area contributed by atoms with Crippen LogP contribution in [0.1, 0.15) is 89.5 Å². The van der Waals surface area contributed by atoms with Gasteiger partial charge >= 0.3 is 22.8 Å². The van der Waals surface area contributed by atoms with Crippen LogP contribution < -0.4 is 80.0 Å². The number of nitrogen functional groups attached to an aromatic ring is 1. The molecular weight excluding hydrogens is 1060 g/mol. The molecule has 0 bridgehead atoms. The minimum atomic E-state index is -0.380. The standard InChI is InChI=1S/C18H22N4O2.C17H22N4O3.C16H20N4O3.C8H13N3O/c1-18(2,3)22-11-12-10-14(20-16(12)21-17(22)23)13-6-4-5-7-15(13)24-9-8-19;1-17(2,3)21-10-13-15(20-16(21)22)19-14-11(23-9-5-8-18)6-4-7-12(14)24-13;1-16(2,3)20-9-12-14(19-15(20)21)18-13-10(22-8-7-17)5-4-6-11(13)23-12;1-8(2,3)11-5-4-6(9)10-7(11)12/h4-7,10-11H,8-9,19H2,1-3H3,(H,20,21,23);4,6-7,10H,5,8-9,18H2,1-3H3,(H,19,20,22);4-6,9H,7-8,17H2,1-3H3,(H,18,19,21);4-5H,1-3H3,(H2,9,10,12). The van der Waals surface area contributed by atoms with Crippen LogP contribution in [0.3, 0.4) is 0 Å². The number of nitrogens with one attached hydrogen (secondary N) is 3. The Balaban J connectivity index is 0.000000163. The average Bonchev–Trinajstić information content (AvgIpc) is 3.21. The summed E-state index contributed by atoms with van der Waals surface area (Å²) < 4.78 is 35.1. The number of para-hydroxylation sites is 3. The highest BCUT2D eigenvalue weighted by atomic mass is 16.5. The summed E-state index contributed by atoms with van der Waals surface area (Å²) in [6, 6.07) is 22.3. The van der Waals surface area contributed by atoms with Crippen LogP contribution in [0.5, 0.6) is 40.2 Å². The molecule has 0 atom stereocenters. The van der Waals surface area contributed by atoms with Crippen LogP contribution in [0.2, 0.25) is 0 Å². The lowest BCUT2D eigenvalue weighted by Crippen LogP contribution is -2.35. The molecule has 5 aromatic heterocycles. The van der Waals surface area contributed by atoms with Gasteiger partial charge in [-0.3, -0.25) is 18.3 Å². The SMILES string of the molecule is CC(C)(C)n1cc2c(nc1=O)Nc1c(OCCCN)cccc1O2.CC(C)(C)n1cc2c(nc1=O)Nc1c(OCCN)cccc1O2.CC(C)(C)n1cc2cc(-c3ccccc3OCCN)[nH]c2nc1=O.CC(C)(C)n1ccc(N)nc1=O. The third-order valence-electron chi connectivity index (χ3n) is 12.4. The molecule has 10 rings (SSSR count). The van der Waals surface area contributed by atoms with Crippen LogP contribution >= 0.6 is 0 Å². The fourth-order valence-corrected chi connectivity index (χ4v) is 8.28. The molecule has 2 aliphatic rings. The highest BCUT2D eigenvalue weighted by Gasteiger charge is 2.28. The maximum absolute atomic E-state index is 12.3. The number of nitrogens with zero attached hydrogens (tertiary/aromatic N) is 8. The lowest BCUT2D eigenvalue weighted by molar-refractivity contribution is 0.313. The summed E-state index contributed by atoms with van der Waals surface area (Å²) in [7, 11) is 0. The van der Waals surface area contributed by atoms with Gasteiger partial charge in [0.25, 0.3) is 0 Å². The van der Waals surface area contributed by atoms with E-state index in [2.05, 4.69) is 35.6 Å². The monoisotopic (exact) mass is 1140 g/mol. The zero-order valence-electron chi connectivity index (χ0n) is 49.2. The molecule has 0 fully saturated rings. The Labute approximate surface area is 480 Å². The highest BCUT2D eigenvalue weighted by Crippen LogP contribution is 2.47. The summed E-state index contributed by atoms with van der Waals surface area (Å²) >= 11 is 0. The Kier molecular flexibility index (Phi) is 18.9. The molecule has 0 aliphatic carbocycles. The number of hydrogen-bond acceptors (Lipinski definition) is 19. The second-order valence-corrected chi connectivity index (χ2v) is 23.3. The smallest absolute Gasteiger partial charge is 0.350 e. The van der Waals surface area contributed by atoms with Crippen LogP contribution in [0.15, 0.2) is 117 Å². The predicted molar refractivity (Wildman–Crippen MR) is 324 cm³/mol. The van der Waals surface area contributed by atoms with Crippen molar-refractivity contribution in [3.8, 4) is 51.5 Å². The Morgan fingerprint density at radius 3 is 1.42 bits per heavy atom. The van der Waals surface area contributed by atoms with Gasteiger partial charge in [0, 0.05) is 58.6 Å². The van der Waals surface area contributed by atoms with E-state index in [0.29, 0.717) is 103 Å². The van der Waals surface area contributed by atoms with Crippen molar-refractivity contribution >= 4 is 39.9 Å². The quantitative estimate of drug-likeness (QED) is 0.0607. The molecular formula is C59H77N15O9. The summed E-state index contributed by atoms with van der Waals surface area (Å²) in [4.78, 5) is 67.2. The third kappa shape index (κ3) is 15.1. The van der Waals surface area contributed by atoms with E-state index in [1.54, 1.807) is 42.9 Å². The number of benzene rings is 3. The van der Waals surface area contributed by atoms with Gasteiger partial charge in [0.1, 0.15) is 53.3 Å². The second-order valence-electron chi connectivity index (χ2n) is 23.3. The first kappa shape index (κ1) is 61.6. The van der Waals surface area contributed by atoms with Gasteiger partial charge in [-0.2, -0.15) is 19.9 Å². The molecule has 0 radical (unpaired) electrons. The molecule has 24 nitrogen and oxygen atoms in total. The van der Waals surface area contributed by atoms with E-state index < -0.39 is 0 Å². The van der Waals surface area contributed by atoms with Gasteiger partial charge in [0.05, 0.1) is 24.7 Å². The van der Waals surface area contributed by atoms with Gasteiger partial charge in [-0.15, -0.1) is 0 Å². The average molecular weight is 1140 g/mol. The number of aromatic nitrogens is 9. The number of rotatable bonds is 11. The number of nitrogens with two attached hydrogens (primary N) is 4. The lowest BCUT2D eigenvalue weighted by atomic mass is 10.1. The molecule has 0 unspecified atom stereocenters. The number of ether oxygens (including phenoxy) is 5. The van der Waals surface area contributed by atoms with E-state index in [1.165, 1.54) is 0 Å². The number of hydrogen-bond donors (Lipinski definition) is 7. The van der Waals surface area contributed by atoms with Gasteiger partial charge in [-0.25, -0.2) is 19.2 Å². The fourth-order valence-electron chi connectivity index (χ4n) is 8.28. The molecule has 442 valence electrons. The molecule has 0 spiro atoms. The van der Waals surface area contributed by atoms with Gasteiger partial charge in [0.15, 0.2) is 34.6 Å². The summed E-state index contributed by atoms with van der Waals surface area (Å²) in [5.41, 5.74) is 22.9. The van der Waals surface area contributed by atoms with E-state index in [4.69, 9.17) is 46.6 Å². The van der Waals surface area contributed by atoms with Crippen LogP contribution in [-0.4, -0.2) is 82.6 Å². The van der Waals surface area contributed by atoms with Crippen LogP contribution in [-0.2, 0) is 22.2 Å². The summed E-state index contributed by atoms with van der Waals surface area (Å²) in [6.45, 7) is 26.2. The van der Waals surface area contributed by atoms with Crippen molar-refractivity contribution in [3.05, 3.63) is 140 Å². The summed E-state index contributed by atoms with van der Waals surface area (Å²) in [5.74, 6) is 5.31. The zero-order valence-corrected chi connectivity index (χ0v) is 49.2. The van der Waals surface area contributed by atoms with Gasteiger partial charge < -0.3 is 62.2 Å². The maximum Gasteiger partial charge on any atom is 0.350 e. The van der Waals surface area contributed by atoms with Crippen molar-refractivity contribution in [2.75, 3.05) is 55.8 Å². The normalized spacial score (nSPS) is 12.3. The van der Waals surface area contributed by atoms with Crippen LogP contribution in [0.4, 0.5) is 28.8 Å². The Morgan fingerprint density at radius 1 is 0.494 bits per heavy atom. The van der Waals surface area contributed by atoms with Crippen LogP contribution in [0.25, 0.3) is 22.3 Å². The minimum Gasteiger partial charge on any atom is -0.492 e. The van der Waals surface area contributed by atoms with E-state index >= 15 is 0 Å². The Morgan fingerprint density at radius 2 is 0.940 bits per heavy atom. The van der Waals surface area contributed by atoms with Gasteiger partial charge in [-0.1, -0.05) is 24.3 Å². The molecule has 0 saturated heterocycles. The van der Waals surface area contributed by atoms with E-state index in [1.807, 2.05) is 156 Å². The molecule has 24 heteroatoms. The summed E-state index contributed by atoms with van der Waals surface area (Å²) in [5, 5.41) is 7.15. The molecule has 83 heavy (non-hydrogen) atoms. The molecule has 0 saturated carbocycles. The third-order valence-corrected chi connectivity index (χ3v) is 12.4. The lowest BCUT2D eigenvalue weighted by Gasteiger charge is -2.26. The van der Waals surface area contributed by atoms with Crippen molar-refractivity contribution in [3.63, 3.8) is 0 Å². The highest BCUT2D eigenvalue weighted by molar-refractivity contribution is 5.84. The molecule has 8 aromatic rings. The first-order valence-electron chi connectivity index (χ1n) is 27.1. The fraction of sp³-hybridized carbons (Fsp3) is 0.390. The zero-order chi connectivity index (χ0) is 60.6. The molecule has 7 heterocycles. The van der Waals surface area contributed by atoms with Crippen molar-refractivity contribution in [2.45, 2.75) is 112 Å². The largest absolute Gasteiger partial charge is 0.492 e. The number of aromatic amines is 1. The van der Waals surface area contributed by atoms with Crippen LogP contribution in [0, 0.1) is 0 Å². The number of H-pyrrole nitrogens is 1. The predicted octanol–water partition coefficient (Wildman–Crippen LogP) is 7.82. The van der Waals surface area contributed by atoms with Crippen molar-refractivity contribution in [1.82, 2.24) is 43.2 Å². The number of fused-ring (bicyclic) bond motifs is 5. The van der Waals surface area contributed by atoms with Crippen molar-refractivity contribution in [1.29, 1.82) is 0 Å².